The molecule has 0 aliphatic rings. The number of hydrogen-bond acceptors (Lipinski definition) is 4. The maximum atomic E-state index is 10.9. The number of aromatic hydroxyl groups is 1. The van der Waals surface area contributed by atoms with Gasteiger partial charge in [-0.05, 0) is 17.7 Å². The maximum Gasteiger partial charge on any atom is 0.302 e. The van der Waals surface area contributed by atoms with Crippen molar-refractivity contribution in [1.29, 1.82) is 0 Å². The van der Waals surface area contributed by atoms with Crippen molar-refractivity contribution in [2.45, 2.75) is 19.4 Å². The lowest BCUT2D eigenvalue weighted by Gasteiger charge is -2.13. The van der Waals surface area contributed by atoms with Gasteiger partial charge >= 0.3 is 5.97 Å². The second-order valence-corrected chi connectivity index (χ2v) is 4.89. The van der Waals surface area contributed by atoms with Gasteiger partial charge in [-0.3, -0.25) is 9.79 Å². The van der Waals surface area contributed by atoms with Gasteiger partial charge in [0.15, 0.2) is 0 Å². The van der Waals surface area contributed by atoms with Gasteiger partial charge in [0.25, 0.3) is 0 Å². The Morgan fingerprint density at radius 2 is 1.86 bits per heavy atom. The van der Waals surface area contributed by atoms with E-state index in [4.69, 9.17) is 4.74 Å². The highest BCUT2D eigenvalue weighted by Gasteiger charge is 2.10. The van der Waals surface area contributed by atoms with Gasteiger partial charge in [0.05, 0.1) is 12.6 Å². The van der Waals surface area contributed by atoms with Gasteiger partial charge in [-0.25, -0.2) is 0 Å². The van der Waals surface area contributed by atoms with Crippen LogP contribution in [0.15, 0.2) is 59.6 Å². The number of phenolic OH excluding ortho intramolecular Hbond substituents is 1. The SMILES string of the molecule is CC(=O)OCC[C@@H](N=Cc1ccccc1O)c1ccccc1. The summed E-state index contributed by atoms with van der Waals surface area (Å²) in [5.74, 6) is -0.102. The predicted molar refractivity (Wildman–Crippen MR) is 86.1 cm³/mol. The van der Waals surface area contributed by atoms with Crippen LogP contribution in [0.5, 0.6) is 5.75 Å². The lowest BCUT2D eigenvalue weighted by Crippen LogP contribution is -2.06. The molecule has 0 bridgehead atoms. The Morgan fingerprint density at radius 1 is 1.18 bits per heavy atom. The summed E-state index contributed by atoms with van der Waals surface area (Å²) in [4.78, 5) is 15.4. The molecule has 0 saturated heterocycles. The van der Waals surface area contributed by atoms with Crippen LogP contribution in [0.25, 0.3) is 0 Å². The molecule has 0 heterocycles. The Hall–Kier alpha value is -2.62. The summed E-state index contributed by atoms with van der Waals surface area (Å²) < 4.78 is 5.01. The van der Waals surface area contributed by atoms with Gasteiger partial charge < -0.3 is 9.84 Å². The van der Waals surface area contributed by atoms with Gasteiger partial charge in [0.1, 0.15) is 5.75 Å². The molecule has 1 N–H and O–H groups in total. The third kappa shape index (κ3) is 4.74. The molecule has 2 aromatic carbocycles. The fourth-order valence-corrected chi connectivity index (χ4v) is 2.08. The molecule has 0 aromatic heterocycles. The van der Waals surface area contributed by atoms with Crippen LogP contribution in [0.1, 0.15) is 30.5 Å². The number of phenols is 1. The van der Waals surface area contributed by atoms with E-state index in [0.29, 0.717) is 18.6 Å². The van der Waals surface area contributed by atoms with Gasteiger partial charge in [-0.2, -0.15) is 0 Å². The number of hydrogen-bond donors (Lipinski definition) is 1. The van der Waals surface area contributed by atoms with Crippen molar-refractivity contribution in [2.75, 3.05) is 6.61 Å². The zero-order valence-electron chi connectivity index (χ0n) is 12.5. The summed E-state index contributed by atoms with van der Waals surface area (Å²) in [7, 11) is 0. The largest absolute Gasteiger partial charge is 0.507 e. The molecule has 0 amide bonds. The topological polar surface area (TPSA) is 58.9 Å². The minimum absolute atomic E-state index is 0.125. The van der Waals surface area contributed by atoms with Crippen molar-refractivity contribution in [3.63, 3.8) is 0 Å². The molecule has 0 saturated carbocycles. The maximum absolute atomic E-state index is 10.9. The van der Waals surface area contributed by atoms with Crippen LogP contribution in [0.3, 0.4) is 0 Å². The zero-order valence-corrected chi connectivity index (χ0v) is 12.5. The highest BCUT2D eigenvalue weighted by atomic mass is 16.5. The van der Waals surface area contributed by atoms with Gasteiger partial charge in [0.2, 0.25) is 0 Å². The highest BCUT2D eigenvalue weighted by molar-refractivity contribution is 5.83. The van der Waals surface area contributed by atoms with Gasteiger partial charge in [-0.1, -0.05) is 42.5 Å². The Morgan fingerprint density at radius 3 is 2.55 bits per heavy atom. The predicted octanol–water partition coefficient (Wildman–Crippen LogP) is 3.51. The molecule has 2 rings (SSSR count). The Balaban J connectivity index is 2.14. The first kappa shape index (κ1) is 15.8. The number of esters is 1. The molecule has 22 heavy (non-hydrogen) atoms. The van der Waals surface area contributed by atoms with Crippen LogP contribution in [0.2, 0.25) is 0 Å². The van der Waals surface area contributed by atoms with E-state index in [-0.39, 0.29) is 17.8 Å². The highest BCUT2D eigenvalue weighted by Crippen LogP contribution is 2.22. The molecule has 4 nitrogen and oxygen atoms in total. The third-order valence-electron chi connectivity index (χ3n) is 3.21. The Labute approximate surface area is 130 Å². The fourth-order valence-electron chi connectivity index (χ4n) is 2.08. The summed E-state index contributed by atoms with van der Waals surface area (Å²) in [6, 6.07) is 16.7. The zero-order chi connectivity index (χ0) is 15.8. The molecular weight excluding hydrogens is 278 g/mol. The molecule has 1 atom stereocenters. The van der Waals surface area contributed by atoms with Crippen LogP contribution in [0, 0.1) is 0 Å². The van der Waals surface area contributed by atoms with E-state index in [0.717, 1.165) is 5.56 Å². The summed E-state index contributed by atoms with van der Waals surface area (Å²) in [5.41, 5.74) is 1.71. The average Bonchev–Trinajstić information content (AvgIpc) is 2.52. The van der Waals surface area contributed by atoms with E-state index < -0.39 is 0 Å². The lowest BCUT2D eigenvalue weighted by molar-refractivity contribution is -0.141. The van der Waals surface area contributed by atoms with E-state index in [1.165, 1.54) is 6.92 Å². The van der Waals surface area contributed by atoms with Crippen molar-refractivity contribution in [3.05, 3.63) is 65.7 Å². The average molecular weight is 297 g/mol. The number of para-hydroxylation sites is 1. The van der Waals surface area contributed by atoms with Crippen molar-refractivity contribution in [1.82, 2.24) is 0 Å². The first-order chi connectivity index (χ1) is 10.7. The number of benzene rings is 2. The van der Waals surface area contributed by atoms with Crippen LogP contribution in [-0.2, 0) is 9.53 Å². The monoisotopic (exact) mass is 297 g/mol. The first-order valence-electron chi connectivity index (χ1n) is 7.16. The standard InChI is InChI=1S/C18H19NO3/c1-14(20)22-12-11-17(15-7-3-2-4-8-15)19-13-16-9-5-6-10-18(16)21/h2-10,13,17,21H,11-12H2,1H3/t17-/m1/s1. The molecule has 0 aliphatic carbocycles. The van der Waals surface area contributed by atoms with Crippen molar-refractivity contribution in [3.8, 4) is 5.75 Å². The minimum atomic E-state index is -0.295. The van der Waals surface area contributed by atoms with Crippen molar-refractivity contribution >= 4 is 12.2 Å². The van der Waals surface area contributed by atoms with Crippen molar-refractivity contribution in [2.24, 2.45) is 4.99 Å². The molecule has 114 valence electrons. The van der Waals surface area contributed by atoms with Crippen LogP contribution in [-0.4, -0.2) is 23.9 Å². The molecule has 0 aliphatic heterocycles. The molecule has 0 unspecified atom stereocenters. The van der Waals surface area contributed by atoms with E-state index in [1.54, 1.807) is 24.4 Å². The second-order valence-electron chi connectivity index (χ2n) is 4.89. The molecule has 2 aromatic rings. The van der Waals surface area contributed by atoms with Gasteiger partial charge in [0, 0.05) is 25.1 Å². The second kappa shape index (κ2) is 7.98. The van der Waals surface area contributed by atoms with E-state index in [1.807, 2.05) is 36.4 Å². The normalized spacial score (nSPS) is 12.2. The van der Waals surface area contributed by atoms with E-state index in [2.05, 4.69) is 4.99 Å². The summed E-state index contributed by atoms with van der Waals surface area (Å²) in [5, 5.41) is 9.78. The van der Waals surface area contributed by atoms with E-state index >= 15 is 0 Å². The summed E-state index contributed by atoms with van der Waals surface area (Å²) in [6.07, 6.45) is 2.24. The molecular formula is C18H19NO3. The van der Waals surface area contributed by atoms with Crippen molar-refractivity contribution < 1.29 is 14.6 Å². The molecule has 0 fully saturated rings. The molecule has 0 spiro atoms. The minimum Gasteiger partial charge on any atom is -0.507 e. The molecule has 4 heteroatoms. The quantitative estimate of drug-likeness (QED) is 0.655. The lowest BCUT2D eigenvalue weighted by atomic mass is 10.0. The number of carbonyl (C=O) groups is 1. The first-order valence-corrected chi connectivity index (χ1v) is 7.16. The van der Waals surface area contributed by atoms with Gasteiger partial charge in [-0.15, -0.1) is 0 Å². The fraction of sp³-hybridized carbons (Fsp3) is 0.222. The number of aliphatic imine (C=N–C) groups is 1. The Kier molecular flexibility index (Phi) is 5.72. The number of ether oxygens (including phenoxy) is 1. The van der Waals surface area contributed by atoms with Crippen LogP contribution in [0.4, 0.5) is 0 Å². The summed E-state index contributed by atoms with van der Waals surface area (Å²) in [6.45, 7) is 1.70. The number of rotatable bonds is 6. The van der Waals surface area contributed by atoms with Crippen LogP contribution >= 0.6 is 0 Å². The Bertz CT molecular complexity index is 638. The molecule has 0 radical (unpaired) electrons. The number of nitrogens with zero attached hydrogens (tertiary/aromatic N) is 1. The number of carbonyl (C=O) groups excluding carboxylic acids is 1. The third-order valence-corrected chi connectivity index (χ3v) is 3.21. The van der Waals surface area contributed by atoms with E-state index in [9.17, 15) is 9.90 Å². The van der Waals surface area contributed by atoms with Crippen LogP contribution < -0.4 is 0 Å². The smallest absolute Gasteiger partial charge is 0.302 e. The summed E-state index contributed by atoms with van der Waals surface area (Å²) >= 11 is 0.